The van der Waals surface area contributed by atoms with E-state index in [1.54, 1.807) is 6.92 Å². The maximum atomic E-state index is 11.8. The van der Waals surface area contributed by atoms with Gasteiger partial charge in [-0.3, -0.25) is 4.79 Å². The number of aldehydes is 1. The second kappa shape index (κ2) is 4.81. The van der Waals surface area contributed by atoms with E-state index < -0.39 is 5.97 Å². The molecule has 0 saturated heterocycles. The Morgan fingerprint density at radius 1 is 1.39 bits per heavy atom. The van der Waals surface area contributed by atoms with Crippen LogP contribution in [-0.4, -0.2) is 29.1 Å². The summed E-state index contributed by atoms with van der Waals surface area (Å²) in [6.45, 7) is 5.68. The molecule has 2 heterocycles. The smallest absolute Gasteiger partial charge is 0.349 e. The van der Waals surface area contributed by atoms with Gasteiger partial charge in [-0.05, 0) is 26.3 Å². The van der Waals surface area contributed by atoms with E-state index in [1.807, 2.05) is 13.8 Å². The number of aromatic nitrogens is 2. The van der Waals surface area contributed by atoms with Gasteiger partial charge in [-0.2, -0.15) is 5.10 Å². The van der Waals surface area contributed by atoms with Crippen LogP contribution in [0.2, 0.25) is 0 Å². The Balaban J connectivity index is 2.73. The monoisotopic (exact) mass is 264 g/mol. The van der Waals surface area contributed by atoms with E-state index in [1.165, 1.54) is 0 Å². The SMILES string of the molecule is CCOC(=O)c1sc2nnc(C)c(C)c2c1C=O. The molecule has 0 radical (unpaired) electrons. The van der Waals surface area contributed by atoms with E-state index in [-0.39, 0.29) is 6.61 Å². The molecule has 0 aromatic carbocycles. The number of thiophene rings is 1. The van der Waals surface area contributed by atoms with Gasteiger partial charge in [0.25, 0.3) is 0 Å². The predicted molar refractivity (Wildman–Crippen MR) is 68.2 cm³/mol. The van der Waals surface area contributed by atoms with E-state index in [0.717, 1.165) is 22.6 Å². The highest BCUT2D eigenvalue weighted by Gasteiger charge is 2.22. The molecule has 0 bridgehead atoms. The zero-order valence-corrected chi connectivity index (χ0v) is 11.1. The van der Waals surface area contributed by atoms with Crippen LogP contribution in [0.5, 0.6) is 0 Å². The molecule has 2 rings (SSSR count). The van der Waals surface area contributed by atoms with Crippen LogP contribution in [0, 0.1) is 13.8 Å². The Morgan fingerprint density at radius 2 is 2.11 bits per heavy atom. The number of hydrogen-bond acceptors (Lipinski definition) is 6. The van der Waals surface area contributed by atoms with Crippen LogP contribution in [0.1, 0.15) is 38.2 Å². The molecule has 0 N–H and O–H groups in total. The molecule has 18 heavy (non-hydrogen) atoms. The lowest BCUT2D eigenvalue weighted by Gasteiger charge is -2.00. The summed E-state index contributed by atoms with van der Waals surface area (Å²) in [5.41, 5.74) is 1.97. The van der Waals surface area contributed by atoms with Gasteiger partial charge in [0, 0.05) is 10.9 Å². The average Bonchev–Trinajstić information content (AvgIpc) is 2.73. The highest BCUT2D eigenvalue weighted by molar-refractivity contribution is 7.20. The molecule has 0 fully saturated rings. The number of fused-ring (bicyclic) bond motifs is 1. The summed E-state index contributed by atoms with van der Waals surface area (Å²) >= 11 is 1.14. The fourth-order valence-corrected chi connectivity index (χ4v) is 2.74. The molecule has 2 aromatic heterocycles. The molecule has 0 aliphatic heterocycles. The Labute approximate surface area is 108 Å². The number of rotatable bonds is 3. The number of ether oxygens (including phenoxy) is 1. The van der Waals surface area contributed by atoms with Gasteiger partial charge in [0.1, 0.15) is 9.71 Å². The van der Waals surface area contributed by atoms with Gasteiger partial charge in [0.05, 0.1) is 12.3 Å². The minimum absolute atomic E-state index is 0.273. The van der Waals surface area contributed by atoms with Gasteiger partial charge in [0.15, 0.2) is 6.29 Å². The van der Waals surface area contributed by atoms with E-state index in [4.69, 9.17) is 4.74 Å². The van der Waals surface area contributed by atoms with Gasteiger partial charge in [-0.15, -0.1) is 16.4 Å². The summed E-state index contributed by atoms with van der Waals surface area (Å²) in [6.07, 6.45) is 0.680. The second-order valence-electron chi connectivity index (χ2n) is 3.77. The molecule has 0 unspecified atom stereocenters. The summed E-state index contributed by atoms with van der Waals surface area (Å²) in [5, 5.41) is 8.71. The van der Waals surface area contributed by atoms with Crippen LogP contribution < -0.4 is 0 Å². The highest BCUT2D eigenvalue weighted by Crippen LogP contribution is 2.32. The normalized spacial score (nSPS) is 10.6. The van der Waals surface area contributed by atoms with Crippen LogP contribution in [0.3, 0.4) is 0 Å². The summed E-state index contributed by atoms with van der Waals surface area (Å²) in [7, 11) is 0. The maximum absolute atomic E-state index is 11.8. The van der Waals surface area contributed by atoms with Gasteiger partial charge in [0.2, 0.25) is 0 Å². The molecule has 0 aliphatic carbocycles. The third-order valence-electron chi connectivity index (χ3n) is 2.71. The standard InChI is InChI=1S/C12H12N2O3S/c1-4-17-12(16)10-8(5-15)9-6(2)7(3)13-14-11(9)18-10/h5H,4H2,1-3H3. The van der Waals surface area contributed by atoms with Crippen molar-refractivity contribution in [1.29, 1.82) is 0 Å². The third kappa shape index (κ3) is 1.88. The Morgan fingerprint density at radius 3 is 2.72 bits per heavy atom. The zero-order valence-electron chi connectivity index (χ0n) is 10.3. The average molecular weight is 264 g/mol. The molecule has 0 atom stereocenters. The summed E-state index contributed by atoms with van der Waals surface area (Å²) in [6, 6.07) is 0. The van der Waals surface area contributed by atoms with Gasteiger partial charge < -0.3 is 4.74 Å². The topological polar surface area (TPSA) is 69.2 Å². The first-order valence-corrected chi connectivity index (χ1v) is 6.30. The Hall–Kier alpha value is -1.82. The van der Waals surface area contributed by atoms with Gasteiger partial charge in [-0.1, -0.05) is 0 Å². The van der Waals surface area contributed by atoms with Crippen LogP contribution >= 0.6 is 11.3 Å². The number of carbonyl (C=O) groups is 2. The fourth-order valence-electron chi connectivity index (χ4n) is 1.70. The van der Waals surface area contributed by atoms with Crippen molar-refractivity contribution in [2.75, 3.05) is 6.61 Å². The van der Waals surface area contributed by atoms with E-state index >= 15 is 0 Å². The molecule has 5 nitrogen and oxygen atoms in total. The van der Waals surface area contributed by atoms with Crippen molar-refractivity contribution in [1.82, 2.24) is 10.2 Å². The molecule has 0 spiro atoms. The quantitative estimate of drug-likeness (QED) is 0.628. The lowest BCUT2D eigenvalue weighted by Crippen LogP contribution is -2.04. The maximum Gasteiger partial charge on any atom is 0.349 e. The van der Waals surface area contributed by atoms with Gasteiger partial charge in [-0.25, -0.2) is 4.79 Å². The number of hydrogen-bond donors (Lipinski definition) is 0. The minimum atomic E-state index is -0.486. The van der Waals surface area contributed by atoms with Crippen LogP contribution in [0.15, 0.2) is 0 Å². The lowest BCUT2D eigenvalue weighted by atomic mass is 10.1. The van der Waals surface area contributed by atoms with Crippen LogP contribution in [0.25, 0.3) is 10.2 Å². The van der Waals surface area contributed by atoms with E-state index in [0.29, 0.717) is 26.9 Å². The first-order chi connectivity index (χ1) is 8.60. The molecule has 0 saturated carbocycles. The van der Waals surface area contributed by atoms with Crippen molar-refractivity contribution >= 4 is 33.8 Å². The van der Waals surface area contributed by atoms with Crippen molar-refractivity contribution in [3.8, 4) is 0 Å². The molecular weight excluding hydrogens is 252 g/mol. The van der Waals surface area contributed by atoms with E-state index in [9.17, 15) is 9.59 Å². The molecule has 6 heteroatoms. The van der Waals surface area contributed by atoms with Crippen LogP contribution in [-0.2, 0) is 4.74 Å². The zero-order chi connectivity index (χ0) is 13.3. The van der Waals surface area contributed by atoms with Crippen molar-refractivity contribution in [2.24, 2.45) is 0 Å². The number of aryl methyl sites for hydroxylation is 2. The van der Waals surface area contributed by atoms with Crippen molar-refractivity contribution in [3.05, 3.63) is 21.7 Å². The lowest BCUT2D eigenvalue weighted by molar-refractivity contribution is 0.0530. The summed E-state index contributed by atoms with van der Waals surface area (Å²) in [4.78, 5) is 23.9. The van der Waals surface area contributed by atoms with Crippen molar-refractivity contribution < 1.29 is 14.3 Å². The Kier molecular flexibility index (Phi) is 3.38. The molecule has 0 aliphatic rings. The second-order valence-corrected chi connectivity index (χ2v) is 4.77. The summed E-state index contributed by atoms with van der Waals surface area (Å²) in [5.74, 6) is -0.486. The third-order valence-corrected chi connectivity index (χ3v) is 3.78. The molecular formula is C12H12N2O3S. The molecule has 0 amide bonds. The number of esters is 1. The first-order valence-electron chi connectivity index (χ1n) is 5.48. The summed E-state index contributed by atoms with van der Waals surface area (Å²) < 4.78 is 4.93. The predicted octanol–water partition coefficient (Wildman–Crippen LogP) is 2.30. The molecule has 94 valence electrons. The largest absolute Gasteiger partial charge is 0.462 e. The highest BCUT2D eigenvalue weighted by atomic mass is 32.1. The van der Waals surface area contributed by atoms with Gasteiger partial charge >= 0.3 is 5.97 Å². The molecule has 2 aromatic rings. The Bertz CT molecular complexity index is 634. The number of nitrogens with zero attached hydrogens (tertiary/aromatic N) is 2. The van der Waals surface area contributed by atoms with Crippen molar-refractivity contribution in [3.63, 3.8) is 0 Å². The van der Waals surface area contributed by atoms with E-state index in [2.05, 4.69) is 10.2 Å². The number of carbonyl (C=O) groups excluding carboxylic acids is 2. The fraction of sp³-hybridized carbons (Fsp3) is 0.333. The van der Waals surface area contributed by atoms with Crippen LogP contribution in [0.4, 0.5) is 0 Å². The van der Waals surface area contributed by atoms with Crippen molar-refractivity contribution in [2.45, 2.75) is 20.8 Å². The minimum Gasteiger partial charge on any atom is -0.462 e. The first kappa shape index (κ1) is 12.6.